The molecule has 0 saturated heterocycles. The summed E-state index contributed by atoms with van der Waals surface area (Å²) in [5.41, 5.74) is 1.25. The first-order chi connectivity index (χ1) is 12.2. The Bertz CT molecular complexity index is 861. The predicted molar refractivity (Wildman–Crippen MR) is 93.3 cm³/mol. The lowest BCUT2D eigenvalue weighted by molar-refractivity contribution is 0.0596. The van der Waals surface area contributed by atoms with Gasteiger partial charge in [-0.05, 0) is 44.0 Å². The summed E-state index contributed by atoms with van der Waals surface area (Å²) in [5.74, 6) is -1.62. The van der Waals surface area contributed by atoms with Gasteiger partial charge in [0.15, 0.2) is 0 Å². The number of aromatic hydroxyl groups is 2. The van der Waals surface area contributed by atoms with Crippen molar-refractivity contribution < 1.29 is 34.0 Å². The third-order valence-corrected chi connectivity index (χ3v) is 4.02. The van der Waals surface area contributed by atoms with Crippen LogP contribution in [0, 0.1) is 20.8 Å². The molecule has 26 heavy (non-hydrogen) atoms. The van der Waals surface area contributed by atoms with Crippen LogP contribution in [0.3, 0.4) is 0 Å². The molecular weight excluding hydrogens is 340 g/mol. The van der Waals surface area contributed by atoms with Gasteiger partial charge in [0.1, 0.15) is 34.1 Å². The van der Waals surface area contributed by atoms with Crippen molar-refractivity contribution in [1.82, 2.24) is 0 Å². The first-order valence-electron chi connectivity index (χ1n) is 7.72. The molecule has 0 aliphatic rings. The normalized spacial score (nSPS) is 10.3. The topological polar surface area (TPSA) is 102 Å². The van der Waals surface area contributed by atoms with E-state index in [0.29, 0.717) is 22.4 Å². The van der Waals surface area contributed by atoms with E-state index in [1.54, 1.807) is 26.8 Å². The average Bonchev–Trinajstić information content (AvgIpc) is 2.57. The molecular formula is C19H20O7. The summed E-state index contributed by atoms with van der Waals surface area (Å²) >= 11 is 0. The van der Waals surface area contributed by atoms with E-state index < -0.39 is 11.9 Å². The molecule has 2 aromatic carbocycles. The van der Waals surface area contributed by atoms with Crippen LogP contribution in [0.1, 0.15) is 37.4 Å². The van der Waals surface area contributed by atoms with E-state index in [1.165, 1.54) is 20.3 Å². The summed E-state index contributed by atoms with van der Waals surface area (Å²) in [5, 5.41) is 20.3. The monoisotopic (exact) mass is 360 g/mol. The van der Waals surface area contributed by atoms with Crippen molar-refractivity contribution in [2.24, 2.45) is 0 Å². The number of aryl methyl sites for hydroxylation is 2. The van der Waals surface area contributed by atoms with Crippen LogP contribution < -0.4 is 9.47 Å². The maximum absolute atomic E-state index is 12.5. The molecule has 0 aromatic heterocycles. The molecule has 0 spiro atoms. The third-order valence-electron chi connectivity index (χ3n) is 4.02. The van der Waals surface area contributed by atoms with Gasteiger partial charge in [-0.2, -0.15) is 0 Å². The molecule has 0 unspecified atom stereocenters. The smallest absolute Gasteiger partial charge is 0.347 e. The molecule has 0 aliphatic carbocycles. The molecule has 2 rings (SSSR count). The van der Waals surface area contributed by atoms with Gasteiger partial charge in [-0.1, -0.05) is 0 Å². The largest absolute Gasteiger partial charge is 0.507 e. The minimum Gasteiger partial charge on any atom is -0.507 e. The summed E-state index contributed by atoms with van der Waals surface area (Å²) in [6, 6.07) is 4.18. The summed E-state index contributed by atoms with van der Waals surface area (Å²) in [6.07, 6.45) is 0. The van der Waals surface area contributed by atoms with Crippen molar-refractivity contribution in [1.29, 1.82) is 0 Å². The average molecular weight is 360 g/mol. The molecule has 0 aliphatic heterocycles. The Kier molecular flexibility index (Phi) is 5.40. The van der Waals surface area contributed by atoms with Crippen LogP contribution in [0.4, 0.5) is 0 Å². The van der Waals surface area contributed by atoms with E-state index in [1.807, 2.05) is 0 Å². The minimum atomic E-state index is -0.796. The second-order valence-corrected chi connectivity index (χ2v) is 5.76. The number of hydrogen-bond acceptors (Lipinski definition) is 7. The second kappa shape index (κ2) is 7.35. The number of phenols is 2. The summed E-state index contributed by atoms with van der Waals surface area (Å²) in [7, 11) is 2.67. The zero-order valence-corrected chi connectivity index (χ0v) is 15.2. The predicted octanol–water partition coefficient (Wildman–Crippen LogP) is 3.04. The number of ether oxygens (including phenoxy) is 3. The van der Waals surface area contributed by atoms with Crippen molar-refractivity contribution >= 4 is 11.9 Å². The molecule has 0 heterocycles. The van der Waals surface area contributed by atoms with Gasteiger partial charge in [0.05, 0.1) is 14.2 Å². The van der Waals surface area contributed by atoms with Crippen LogP contribution >= 0.6 is 0 Å². The van der Waals surface area contributed by atoms with Gasteiger partial charge in [0.2, 0.25) is 0 Å². The summed E-state index contributed by atoms with van der Waals surface area (Å²) < 4.78 is 15.0. The zero-order chi connectivity index (χ0) is 19.6. The van der Waals surface area contributed by atoms with Crippen LogP contribution in [0.2, 0.25) is 0 Å². The standard InChI is InChI=1S/C19H20O7/c1-9-6-12(8-13(20)15(9)18(22)25-5)26-19(23)16-10(2)7-14(24-4)11(3)17(16)21/h6-8,20-21H,1-5H3. The van der Waals surface area contributed by atoms with E-state index in [-0.39, 0.29) is 28.4 Å². The molecule has 0 radical (unpaired) electrons. The maximum atomic E-state index is 12.5. The number of esters is 2. The first kappa shape index (κ1) is 19.1. The summed E-state index contributed by atoms with van der Waals surface area (Å²) in [4.78, 5) is 24.2. The number of methoxy groups -OCH3 is 2. The molecule has 138 valence electrons. The van der Waals surface area contributed by atoms with Crippen molar-refractivity contribution in [3.8, 4) is 23.0 Å². The van der Waals surface area contributed by atoms with Gasteiger partial charge in [0, 0.05) is 11.6 Å². The maximum Gasteiger partial charge on any atom is 0.347 e. The highest BCUT2D eigenvalue weighted by molar-refractivity contribution is 5.97. The van der Waals surface area contributed by atoms with Crippen LogP contribution in [-0.4, -0.2) is 36.4 Å². The van der Waals surface area contributed by atoms with Crippen LogP contribution in [0.5, 0.6) is 23.0 Å². The van der Waals surface area contributed by atoms with E-state index >= 15 is 0 Å². The molecule has 0 atom stereocenters. The Balaban J connectivity index is 2.40. The number of phenolic OH excluding ortho intramolecular Hbond substituents is 2. The van der Waals surface area contributed by atoms with Gasteiger partial charge in [-0.25, -0.2) is 9.59 Å². The number of rotatable bonds is 4. The van der Waals surface area contributed by atoms with Crippen molar-refractivity contribution in [2.45, 2.75) is 20.8 Å². The Morgan fingerprint density at radius 3 is 2.04 bits per heavy atom. The highest BCUT2D eigenvalue weighted by Gasteiger charge is 2.23. The first-order valence-corrected chi connectivity index (χ1v) is 7.72. The molecule has 7 nitrogen and oxygen atoms in total. The Hall–Kier alpha value is -3.22. The fourth-order valence-electron chi connectivity index (χ4n) is 2.66. The van der Waals surface area contributed by atoms with Gasteiger partial charge in [0.25, 0.3) is 0 Å². The number of carbonyl (C=O) groups is 2. The molecule has 0 saturated carbocycles. The number of carbonyl (C=O) groups excluding carboxylic acids is 2. The lowest BCUT2D eigenvalue weighted by Crippen LogP contribution is -2.12. The zero-order valence-electron chi connectivity index (χ0n) is 15.2. The van der Waals surface area contributed by atoms with E-state index in [2.05, 4.69) is 4.74 Å². The minimum absolute atomic E-state index is 0.00233. The molecule has 7 heteroatoms. The van der Waals surface area contributed by atoms with Gasteiger partial charge in [-0.3, -0.25) is 0 Å². The van der Waals surface area contributed by atoms with Crippen LogP contribution in [-0.2, 0) is 4.74 Å². The molecule has 0 fully saturated rings. The molecule has 0 amide bonds. The lowest BCUT2D eigenvalue weighted by atomic mass is 10.0. The highest BCUT2D eigenvalue weighted by atomic mass is 16.5. The van der Waals surface area contributed by atoms with Crippen molar-refractivity contribution in [3.63, 3.8) is 0 Å². The number of benzene rings is 2. The van der Waals surface area contributed by atoms with E-state index in [9.17, 15) is 19.8 Å². The lowest BCUT2D eigenvalue weighted by Gasteiger charge is -2.14. The molecule has 2 aromatic rings. The second-order valence-electron chi connectivity index (χ2n) is 5.76. The Labute approximate surface area is 150 Å². The Morgan fingerprint density at radius 1 is 0.885 bits per heavy atom. The van der Waals surface area contributed by atoms with Crippen molar-refractivity contribution in [3.05, 3.63) is 46.0 Å². The van der Waals surface area contributed by atoms with Crippen LogP contribution in [0.15, 0.2) is 18.2 Å². The molecule has 2 N–H and O–H groups in total. The van der Waals surface area contributed by atoms with Crippen LogP contribution in [0.25, 0.3) is 0 Å². The summed E-state index contributed by atoms with van der Waals surface area (Å²) in [6.45, 7) is 4.83. The van der Waals surface area contributed by atoms with Gasteiger partial charge < -0.3 is 24.4 Å². The fourth-order valence-corrected chi connectivity index (χ4v) is 2.66. The fraction of sp³-hybridized carbons (Fsp3) is 0.263. The van der Waals surface area contributed by atoms with Crippen molar-refractivity contribution in [2.75, 3.05) is 14.2 Å². The quantitative estimate of drug-likeness (QED) is 0.638. The highest BCUT2D eigenvalue weighted by Crippen LogP contribution is 2.35. The third kappa shape index (κ3) is 3.42. The SMILES string of the molecule is COC(=O)c1c(C)cc(OC(=O)c2c(C)cc(OC)c(C)c2O)cc1O. The molecule has 0 bridgehead atoms. The number of hydrogen-bond donors (Lipinski definition) is 2. The Morgan fingerprint density at radius 2 is 1.50 bits per heavy atom. The van der Waals surface area contributed by atoms with E-state index in [0.717, 1.165) is 6.07 Å². The van der Waals surface area contributed by atoms with E-state index in [4.69, 9.17) is 9.47 Å². The van der Waals surface area contributed by atoms with Gasteiger partial charge in [-0.15, -0.1) is 0 Å². The van der Waals surface area contributed by atoms with Gasteiger partial charge >= 0.3 is 11.9 Å².